The fourth-order valence-electron chi connectivity index (χ4n) is 2.89. The van der Waals surface area contributed by atoms with Crippen molar-refractivity contribution in [1.29, 1.82) is 0 Å². The zero-order valence-electron chi connectivity index (χ0n) is 17.6. The monoisotopic (exact) mass is 409 g/mol. The molecule has 1 aromatic carbocycles. The summed E-state index contributed by atoms with van der Waals surface area (Å²) >= 11 is 1.71. The molecular weight excluding hydrogens is 378 g/mol. The summed E-state index contributed by atoms with van der Waals surface area (Å²) in [5, 5.41) is 0.425. The minimum atomic E-state index is -0.506. The summed E-state index contributed by atoms with van der Waals surface area (Å²) in [5.74, 6) is 0.121. The molecule has 0 aliphatic carbocycles. The van der Waals surface area contributed by atoms with E-state index in [2.05, 4.69) is 13.8 Å². The fourth-order valence-corrected chi connectivity index (χ4v) is 3.75. The van der Waals surface area contributed by atoms with E-state index in [0.717, 1.165) is 4.90 Å². The summed E-state index contributed by atoms with van der Waals surface area (Å²) in [6, 6.07) is 5.56. The molecule has 1 fully saturated rings. The van der Waals surface area contributed by atoms with E-state index in [1.807, 2.05) is 32.9 Å². The molecule has 1 aliphatic heterocycles. The number of hydrogen-bond donors (Lipinski definition) is 0. The molecule has 28 heavy (non-hydrogen) atoms. The summed E-state index contributed by atoms with van der Waals surface area (Å²) in [6.45, 7) is 10.9. The number of piperidine rings is 1. The Morgan fingerprint density at radius 3 is 2.36 bits per heavy atom. The molecule has 1 saturated heterocycles. The Balaban J connectivity index is 2.05. The Morgan fingerprint density at radius 1 is 1.18 bits per heavy atom. The lowest BCUT2D eigenvalue weighted by molar-refractivity contribution is 0.0125. The quantitative estimate of drug-likeness (QED) is 0.516. The largest absolute Gasteiger partial charge is 0.489 e. The van der Waals surface area contributed by atoms with Crippen molar-refractivity contribution in [3.8, 4) is 5.75 Å². The topological polar surface area (TPSA) is 65.1 Å². The molecular formula is C21H31NO5S. The molecule has 156 valence electrons. The number of ether oxygens (including phenoxy) is 3. The number of benzene rings is 1. The maximum atomic E-state index is 12.2. The number of carbonyl (C=O) groups is 2. The van der Waals surface area contributed by atoms with E-state index in [1.165, 1.54) is 7.11 Å². The maximum absolute atomic E-state index is 12.2. The summed E-state index contributed by atoms with van der Waals surface area (Å²) in [4.78, 5) is 27.1. The number of likely N-dealkylation sites (tertiary alicyclic amines) is 1. The molecule has 0 unspecified atom stereocenters. The average Bonchev–Trinajstić information content (AvgIpc) is 2.60. The molecule has 7 heteroatoms. The Kier molecular flexibility index (Phi) is 7.63. The number of nitrogens with zero attached hydrogens (tertiary/aromatic N) is 1. The van der Waals surface area contributed by atoms with Gasteiger partial charge in [-0.25, -0.2) is 9.59 Å². The molecule has 6 nitrogen and oxygen atoms in total. The van der Waals surface area contributed by atoms with Gasteiger partial charge in [-0.2, -0.15) is 0 Å². The van der Waals surface area contributed by atoms with E-state index in [-0.39, 0.29) is 12.2 Å². The van der Waals surface area contributed by atoms with Crippen molar-refractivity contribution >= 4 is 23.8 Å². The highest BCUT2D eigenvalue weighted by Gasteiger charge is 2.28. The van der Waals surface area contributed by atoms with E-state index in [4.69, 9.17) is 14.2 Å². The van der Waals surface area contributed by atoms with Gasteiger partial charge in [0.1, 0.15) is 23.0 Å². The molecule has 2 rings (SSSR count). The van der Waals surface area contributed by atoms with Crippen LogP contribution in [0.1, 0.15) is 57.8 Å². The summed E-state index contributed by atoms with van der Waals surface area (Å²) in [5.41, 5.74) is -0.0841. The molecule has 0 N–H and O–H groups in total. The van der Waals surface area contributed by atoms with E-state index >= 15 is 0 Å². The summed E-state index contributed by atoms with van der Waals surface area (Å²) in [7, 11) is 1.36. The average molecular weight is 410 g/mol. The standard InChI is InChI=1S/C21H31NO5S/c1-14(2)28-16-7-8-17(19(23)25-6)18(13-16)26-15-9-11-22(12-10-15)20(24)27-21(3,4)5/h7-8,13-15H,9-12H2,1-6H3. The van der Waals surface area contributed by atoms with Crippen molar-refractivity contribution in [2.75, 3.05) is 20.2 Å². The molecule has 0 atom stereocenters. The van der Waals surface area contributed by atoms with Crippen LogP contribution >= 0.6 is 11.8 Å². The van der Waals surface area contributed by atoms with Gasteiger partial charge in [-0.1, -0.05) is 13.8 Å². The Labute approximate surface area is 171 Å². The van der Waals surface area contributed by atoms with Crippen LogP contribution in [0.5, 0.6) is 5.75 Å². The first kappa shape index (κ1) is 22.4. The lowest BCUT2D eigenvalue weighted by Crippen LogP contribution is -2.44. The van der Waals surface area contributed by atoms with Gasteiger partial charge < -0.3 is 19.1 Å². The Hall–Kier alpha value is -1.89. The molecule has 0 bridgehead atoms. The molecule has 0 spiro atoms. The first-order valence-electron chi connectivity index (χ1n) is 9.62. The number of esters is 1. The Morgan fingerprint density at radius 2 is 1.82 bits per heavy atom. The Bertz CT molecular complexity index is 691. The van der Waals surface area contributed by atoms with Gasteiger partial charge in [-0.15, -0.1) is 11.8 Å². The van der Waals surface area contributed by atoms with Crippen molar-refractivity contribution in [2.24, 2.45) is 0 Å². The van der Waals surface area contributed by atoms with Crippen molar-refractivity contribution in [3.63, 3.8) is 0 Å². The van der Waals surface area contributed by atoms with Crippen molar-refractivity contribution in [2.45, 2.75) is 69.3 Å². The zero-order chi connectivity index (χ0) is 20.9. The lowest BCUT2D eigenvalue weighted by atomic mass is 10.1. The first-order chi connectivity index (χ1) is 13.1. The van der Waals surface area contributed by atoms with Crippen LogP contribution in [-0.4, -0.2) is 54.1 Å². The minimum Gasteiger partial charge on any atom is -0.489 e. The first-order valence-corrected chi connectivity index (χ1v) is 10.5. The van der Waals surface area contributed by atoms with Gasteiger partial charge in [0.2, 0.25) is 0 Å². The molecule has 0 radical (unpaired) electrons. The highest BCUT2D eigenvalue weighted by Crippen LogP contribution is 2.31. The van der Waals surface area contributed by atoms with Crippen LogP contribution in [0.25, 0.3) is 0 Å². The third-order valence-electron chi connectivity index (χ3n) is 4.12. The molecule has 1 amide bonds. The zero-order valence-corrected chi connectivity index (χ0v) is 18.4. The lowest BCUT2D eigenvalue weighted by Gasteiger charge is -2.33. The minimum absolute atomic E-state index is 0.0682. The van der Waals surface area contributed by atoms with Gasteiger partial charge in [-0.3, -0.25) is 0 Å². The van der Waals surface area contributed by atoms with E-state index in [9.17, 15) is 9.59 Å². The summed E-state index contributed by atoms with van der Waals surface area (Å²) in [6.07, 6.45) is 1.00. The highest BCUT2D eigenvalue weighted by atomic mass is 32.2. The fraction of sp³-hybridized carbons (Fsp3) is 0.619. The third kappa shape index (κ3) is 6.62. The second-order valence-corrected chi connectivity index (χ2v) is 9.75. The van der Waals surface area contributed by atoms with Crippen LogP contribution in [0.4, 0.5) is 4.79 Å². The van der Waals surface area contributed by atoms with Crippen LogP contribution in [0.15, 0.2) is 23.1 Å². The predicted octanol–water partition coefficient (Wildman–Crippen LogP) is 4.75. The van der Waals surface area contributed by atoms with Crippen LogP contribution < -0.4 is 4.74 Å². The normalized spacial score (nSPS) is 15.5. The van der Waals surface area contributed by atoms with Crippen molar-refractivity contribution in [1.82, 2.24) is 4.90 Å². The van der Waals surface area contributed by atoms with Gasteiger partial charge in [0.05, 0.1) is 7.11 Å². The van der Waals surface area contributed by atoms with E-state index in [1.54, 1.807) is 22.7 Å². The predicted molar refractivity (Wildman–Crippen MR) is 110 cm³/mol. The number of rotatable bonds is 5. The van der Waals surface area contributed by atoms with E-state index in [0.29, 0.717) is 42.5 Å². The van der Waals surface area contributed by atoms with Gasteiger partial charge in [0.15, 0.2) is 0 Å². The second kappa shape index (κ2) is 9.54. The van der Waals surface area contributed by atoms with E-state index < -0.39 is 11.6 Å². The molecule has 0 aromatic heterocycles. The van der Waals surface area contributed by atoms with Crippen LogP contribution in [0.2, 0.25) is 0 Å². The molecule has 1 heterocycles. The summed E-state index contributed by atoms with van der Waals surface area (Å²) < 4.78 is 16.5. The third-order valence-corrected chi connectivity index (χ3v) is 5.11. The molecule has 0 saturated carbocycles. The highest BCUT2D eigenvalue weighted by molar-refractivity contribution is 7.99. The van der Waals surface area contributed by atoms with Gasteiger partial charge in [-0.05, 0) is 39.0 Å². The van der Waals surface area contributed by atoms with Crippen LogP contribution in [0.3, 0.4) is 0 Å². The number of thioether (sulfide) groups is 1. The maximum Gasteiger partial charge on any atom is 0.410 e. The number of carbonyl (C=O) groups excluding carboxylic acids is 2. The number of methoxy groups -OCH3 is 1. The van der Waals surface area contributed by atoms with Gasteiger partial charge >= 0.3 is 12.1 Å². The van der Waals surface area contributed by atoms with Crippen molar-refractivity contribution in [3.05, 3.63) is 23.8 Å². The number of amides is 1. The van der Waals surface area contributed by atoms with Crippen LogP contribution in [-0.2, 0) is 9.47 Å². The molecule has 1 aromatic rings. The SMILES string of the molecule is COC(=O)c1ccc(SC(C)C)cc1OC1CCN(C(=O)OC(C)(C)C)CC1. The second-order valence-electron chi connectivity index (χ2n) is 8.10. The van der Waals surface area contributed by atoms with Gasteiger partial charge in [0.25, 0.3) is 0 Å². The molecule has 1 aliphatic rings. The van der Waals surface area contributed by atoms with Crippen LogP contribution in [0, 0.1) is 0 Å². The number of hydrogen-bond acceptors (Lipinski definition) is 6. The van der Waals surface area contributed by atoms with Gasteiger partial charge in [0, 0.05) is 36.1 Å². The van der Waals surface area contributed by atoms with Crippen molar-refractivity contribution < 1.29 is 23.8 Å². The smallest absolute Gasteiger partial charge is 0.410 e.